The van der Waals surface area contributed by atoms with Gasteiger partial charge >= 0.3 is 5.97 Å². The smallest absolute Gasteiger partial charge is 0.311 e. The fourth-order valence-corrected chi connectivity index (χ4v) is 2.38. The highest BCUT2D eigenvalue weighted by Crippen LogP contribution is 2.36. The van der Waals surface area contributed by atoms with Gasteiger partial charge in [-0.3, -0.25) is 9.59 Å². The summed E-state index contributed by atoms with van der Waals surface area (Å²) in [5, 5.41) is 0.624. The lowest BCUT2D eigenvalue weighted by atomic mass is 10.1. The normalized spacial score (nSPS) is 18.8. The molecule has 1 aliphatic heterocycles. The molecular weight excluding hydrogens is 291 g/mol. The first-order chi connectivity index (χ1) is 8.93. The van der Waals surface area contributed by atoms with Gasteiger partial charge in [-0.05, 0) is 12.1 Å². The van der Waals surface area contributed by atoms with Crippen molar-refractivity contribution in [3.05, 3.63) is 22.2 Å². The molecule has 2 rings (SSSR count). The zero-order chi connectivity index (χ0) is 14.2. The van der Waals surface area contributed by atoms with Gasteiger partial charge in [0.25, 0.3) is 0 Å². The van der Waals surface area contributed by atoms with E-state index in [1.54, 1.807) is 0 Å². The molecule has 0 aliphatic carbocycles. The van der Waals surface area contributed by atoms with Gasteiger partial charge in [-0.15, -0.1) is 0 Å². The van der Waals surface area contributed by atoms with Crippen molar-refractivity contribution in [1.82, 2.24) is 0 Å². The molecule has 0 bridgehead atoms. The molecule has 1 saturated heterocycles. The third-order valence-electron chi connectivity index (χ3n) is 3.02. The highest BCUT2D eigenvalue weighted by atomic mass is 35.5. The number of ether oxygens (including phenoxy) is 1. The van der Waals surface area contributed by atoms with Crippen LogP contribution < -0.4 is 10.6 Å². The van der Waals surface area contributed by atoms with Crippen LogP contribution in [-0.4, -0.2) is 25.5 Å². The average molecular weight is 303 g/mol. The summed E-state index contributed by atoms with van der Waals surface area (Å²) < 4.78 is 4.64. The molecule has 0 saturated carbocycles. The van der Waals surface area contributed by atoms with Gasteiger partial charge in [0, 0.05) is 13.0 Å². The number of esters is 1. The molecule has 1 amide bonds. The van der Waals surface area contributed by atoms with E-state index in [0.29, 0.717) is 21.4 Å². The van der Waals surface area contributed by atoms with E-state index < -0.39 is 11.9 Å². The van der Waals surface area contributed by atoms with Crippen LogP contribution in [0.1, 0.15) is 6.42 Å². The number of rotatable bonds is 2. The summed E-state index contributed by atoms with van der Waals surface area (Å²) in [4.78, 5) is 24.8. The molecule has 7 heteroatoms. The predicted molar refractivity (Wildman–Crippen MR) is 73.4 cm³/mol. The molecule has 1 aliphatic rings. The van der Waals surface area contributed by atoms with Gasteiger partial charge in [-0.25, -0.2) is 0 Å². The van der Waals surface area contributed by atoms with E-state index in [-0.39, 0.29) is 18.9 Å². The Labute approximate surface area is 120 Å². The summed E-state index contributed by atoms with van der Waals surface area (Å²) in [7, 11) is 1.29. The first-order valence-corrected chi connectivity index (χ1v) is 6.32. The lowest BCUT2D eigenvalue weighted by Crippen LogP contribution is -2.27. The van der Waals surface area contributed by atoms with Crippen LogP contribution in [0.5, 0.6) is 0 Å². The minimum absolute atomic E-state index is 0.104. The molecule has 102 valence electrons. The highest BCUT2D eigenvalue weighted by Gasteiger charge is 2.36. The standard InChI is InChI=1S/C12H12Cl2N2O3/c1-19-12(18)6-2-11(17)16(5-6)10-4-8(14)7(13)3-9(10)15/h3-4,6H,2,5,15H2,1H3. The van der Waals surface area contributed by atoms with E-state index in [2.05, 4.69) is 4.74 Å². The second-order valence-corrected chi connectivity index (χ2v) is 5.07. The van der Waals surface area contributed by atoms with Gasteiger partial charge < -0.3 is 15.4 Å². The lowest BCUT2D eigenvalue weighted by molar-refractivity contribution is -0.145. The Balaban J connectivity index is 2.30. The minimum atomic E-state index is -0.480. The number of carbonyl (C=O) groups excluding carboxylic acids is 2. The molecule has 1 aromatic carbocycles. The van der Waals surface area contributed by atoms with Crippen LogP contribution in [0.25, 0.3) is 0 Å². The number of nitrogen functional groups attached to an aromatic ring is 1. The van der Waals surface area contributed by atoms with E-state index in [1.165, 1.54) is 24.1 Å². The largest absolute Gasteiger partial charge is 0.469 e. The van der Waals surface area contributed by atoms with Gasteiger partial charge in [-0.1, -0.05) is 23.2 Å². The maximum absolute atomic E-state index is 11.9. The van der Waals surface area contributed by atoms with Crippen molar-refractivity contribution in [3.8, 4) is 0 Å². The third kappa shape index (κ3) is 2.62. The van der Waals surface area contributed by atoms with E-state index in [0.717, 1.165) is 0 Å². The van der Waals surface area contributed by atoms with Crippen LogP contribution in [0.15, 0.2) is 12.1 Å². The number of hydrogen-bond acceptors (Lipinski definition) is 4. The Kier molecular flexibility index (Phi) is 3.87. The molecule has 19 heavy (non-hydrogen) atoms. The first kappa shape index (κ1) is 14.0. The van der Waals surface area contributed by atoms with Crippen molar-refractivity contribution < 1.29 is 14.3 Å². The van der Waals surface area contributed by atoms with Crippen LogP contribution in [0.2, 0.25) is 10.0 Å². The molecule has 1 heterocycles. The summed E-state index contributed by atoms with van der Waals surface area (Å²) in [5.41, 5.74) is 6.64. The third-order valence-corrected chi connectivity index (χ3v) is 3.74. The van der Waals surface area contributed by atoms with Crippen LogP contribution in [0.4, 0.5) is 11.4 Å². The average Bonchev–Trinajstić information content (AvgIpc) is 2.75. The Morgan fingerprint density at radius 3 is 2.68 bits per heavy atom. The van der Waals surface area contributed by atoms with E-state index in [4.69, 9.17) is 28.9 Å². The van der Waals surface area contributed by atoms with Crippen molar-refractivity contribution in [2.24, 2.45) is 5.92 Å². The van der Waals surface area contributed by atoms with Crippen LogP contribution in [-0.2, 0) is 14.3 Å². The monoisotopic (exact) mass is 302 g/mol. The number of methoxy groups -OCH3 is 1. The maximum atomic E-state index is 11.9. The number of nitrogens with two attached hydrogens (primary N) is 1. The number of amides is 1. The van der Waals surface area contributed by atoms with Gasteiger partial charge in [0.1, 0.15) is 0 Å². The number of carbonyl (C=O) groups is 2. The Bertz CT molecular complexity index is 548. The van der Waals surface area contributed by atoms with E-state index in [9.17, 15) is 9.59 Å². The number of nitrogens with zero attached hydrogens (tertiary/aromatic N) is 1. The van der Waals surface area contributed by atoms with E-state index >= 15 is 0 Å². The summed E-state index contributed by atoms with van der Waals surface area (Å²) in [5.74, 6) is -1.08. The molecule has 2 N–H and O–H groups in total. The van der Waals surface area contributed by atoms with Crippen LogP contribution in [0.3, 0.4) is 0 Å². The SMILES string of the molecule is COC(=O)C1CC(=O)N(c2cc(Cl)c(Cl)cc2N)C1. The molecule has 0 radical (unpaired) electrons. The van der Waals surface area contributed by atoms with Crippen LogP contribution >= 0.6 is 23.2 Å². The van der Waals surface area contributed by atoms with Gasteiger partial charge in [0.15, 0.2) is 0 Å². The van der Waals surface area contributed by atoms with Gasteiger partial charge in [-0.2, -0.15) is 0 Å². The molecule has 0 aromatic heterocycles. The molecule has 1 unspecified atom stereocenters. The molecular formula is C12H12Cl2N2O3. The summed E-state index contributed by atoms with van der Waals surface area (Å²) >= 11 is 11.8. The van der Waals surface area contributed by atoms with Crippen molar-refractivity contribution in [2.75, 3.05) is 24.3 Å². The van der Waals surface area contributed by atoms with Crippen molar-refractivity contribution in [2.45, 2.75) is 6.42 Å². The Morgan fingerprint density at radius 1 is 1.42 bits per heavy atom. The lowest BCUT2D eigenvalue weighted by Gasteiger charge is -2.19. The fourth-order valence-electron chi connectivity index (χ4n) is 2.05. The Hall–Kier alpha value is -1.46. The van der Waals surface area contributed by atoms with Crippen molar-refractivity contribution in [1.29, 1.82) is 0 Å². The molecule has 5 nitrogen and oxygen atoms in total. The number of benzene rings is 1. The quantitative estimate of drug-likeness (QED) is 0.671. The first-order valence-electron chi connectivity index (χ1n) is 5.56. The number of halogens is 2. The second-order valence-electron chi connectivity index (χ2n) is 4.25. The van der Waals surface area contributed by atoms with Crippen molar-refractivity contribution in [3.63, 3.8) is 0 Å². The molecule has 1 aromatic rings. The number of anilines is 2. The molecule has 1 atom stereocenters. The predicted octanol–water partition coefficient (Wildman–Crippen LogP) is 2.10. The van der Waals surface area contributed by atoms with Gasteiger partial charge in [0.05, 0.1) is 34.4 Å². The zero-order valence-corrected chi connectivity index (χ0v) is 11.7. The maximum Gasteiger partial charge on any atom is 0.311 e. The summed E-state index contributed by atoms with van der Waals surface area (Å²) in [6, 6.07) is 3.01. The fraction of sp³-hybridized carbons (Fsp3) is 0.333. The zero-order valence-electron chi connectivity index (χ0n) is 10.2. The summed E-state index contributed by atoms with van der Waals surface area (Å²) in [6.45, 7) is 0.230. The summed E-state index contributed by atoms with van der Waals surface area (Å²) in [6.07, 6.45) is 0.104. The number of hydrogen-bond donors (Lipinski definition) is 1. The van der Waals surface area contributed by atoms with Crippen molar-refractivity contribution >= 4 is 46.5 Å². The van der Waals surface area contributed by atoms with E-state index in [1.807, 2.05) is 0 Å². The van der Waals surface area contributed by atoms with Gasteiger partial charge in [0.2, 0.25) is 5.91 Å². The molecule has 0 spiro atoms. The molecule has 1 fully saturated rings. The minimum Gasteiger partial charge on any atom is -0.469 e. The van der Waals surface area contributed by atoms with Crippen LogP contribution in [0, 0.1) is 5.92 Å². The Morgan fingerprint density at radius 2 is 2.05 bits per heavy atom. The highest BCUT2D eigenvalue weighted by molar-refractivity contribution is 6.42. The topological polar surface area (TPSA) is 72.6 Å². The second kappa shape index (κ2) is 5.27.